The van der Waals surface area contributed by atoms with Crippen molar-refractivity contribution in [3.8, 4) is 0 Å². The van der Waals surface area contributed by atoms with Crippen LogP contribution < -0.4 is 5.73 Å². The van der Waals surface area contributed by atoms with Gasteiger partial charge in [0.25, 0.3) is 12.4 Å². The van der Waals surface area contributed by atoms with Gasteiger partial charge in [0, 0.05) is 24.1 Å². The minimum absolute atomic E-state index is 0.0122. The normalized spacial score (nSPS) is 25.2. The molecule has 1 fully saturated rings. The highest BCUT2D eigenvalue weighted by molar-refractivity contribution is 6.30. The van der Waals surface area contributed by atoms with Crippen LogP contribution in [0.1, 0.15) is 28.0 Å². The Kier molecular flexibility index (Phi) is 4.72. The summed E-state index contributed by atoms with van der Waals surface area (Å²) in [4.78, 5) is 20.0. The van der Waals surface area contributed by atoms with Crippen molar-refractivity contribution in [3.63, 3.8) is 0 Å². The number of aromatic nitrogens is 1. The third kappa shape index (κ3) is 3.33. The number of nitrogens with zero attached hydrogens (tertiary/aromatic N) is 2. The van der Waals surface area contributed by atoms with E-state index in [1.54, 1.807) is 0 Å². The molecule has 1 aliphatic carbocycles. The molecule has 29 heavy (non-hydrogen) atoms. The van der Waals surface area contributed by atoms with Gasteiger partial charge in [0.05, 0.1) is 5.02 Å². The van der Waals surface area contributed by atoms with Crippen molar-refractivity contribution in [1.29, 1.82) is 0 Å². The molecule has 2 aliphatic rings. The zero-order chi connectivity index (χ0) is 20.9. The van der Waals surface area contributed by atoms with E-state index in [0.717, 1.165) is 12.1 Å². The number of halogens is 5. The van der Waals surface area contributed by atoms with Crippen LogP contribution in [0.25, 0.3) is 0 Å². The largest absolute Gasteiger partial charge is 0.462 e. The Morgan fingerprint density at radius 2 is 2.10 bits per heavy atom. The summed E-state index contributed by atoms with van der Waals surface area (Å²) in [7, 11) is 0. The number of rotatable bonds is 5. The molecular weight excluding hydrogens is 414 g/mol. The number of Topliss-reactive ketones (excluding diaryl/α,β-unsaturated/α-hetero) is 1. The number of nitrogens with two attached hydrogens (primary N) is 1. The average molecular weight is 428 g/mol. The van der Waals surface area contributed by atoms with Crippen LogP contribution in [-0.2, 0) is 16.7 Å². The SMILES string of the molecule is NC1=N[C@@](c2cc(CC(=O)c3ccc(Cl)cn3)cc(F)c2F)(C(F)F)[C@H]2C[C@H]2O1. The quantitative estimate of drug-likeness (QED) is 0.584. The molecule has 1 aromatic heterocycles. The van der Waals surface area contributed by atoms with Gasteiger partial charge in [0.1, 0.15) is 11.8 Å². The first-order valence-corrected chi connectivity index (χ1v) is 9.03. The maximum Gasteiger partial charge on any atom is 0.283 e. The van der Waals surface area contributed by atoms with Gasteiger partial charge in [-0.15, -0.1) is 0 Å². The lowest BCUT2D eigenvalue weighted by Crippen LogP contribution is -2.43. The number of benzene rings is 1. The van der Waals surface area contributed by atoms with Crippen LogP contribution in [0, 0.1) is 17.6 Å². The molecule has 5 nitrogen and oxygen atoms in total. The molecule has 0 spiro atoms. The van der Waals surface area contributed by atoms with Crippen molar-refractivity contribution in [3.05, 3.63) is 63.9 Å². The second kappa shape index (κ2) is 6.98. The number of amidine groups is 1. The summed E-state index contributed by atoms with van der Waals surface area (Å²) in [5.41, 5.74) is 2.56. The first-order valence-electron chi connectivity index (χ1n) is 8.65. The van der Waals surface area contributed by atoms with Crippen LogP contribution in [-0.4, -0.2) is 29.3 Å². The number of hydrogen-bond acceptors (Lipinski definition) is 5. The molecule has 3 atom stereocenters. The van der Waals surface area contributed by atoms with Crippen molar-refractivity contribution in [2.24, 2.45) is 16.6 Å². The average Bonchev–Trinajstić information content (AvgIpc) is 3.43. The van der Waals surface area contributed by atoms with Crippen molar-refractivity contribution >= 4 is 23.4 Å². The summed E-state index contributed by atoms with van der Waals surface area (Å²) in [6, 6.07) is 4.16. The molecule has 0 radical (unpaired) electrons. The van der Waals surface area contributed by atoms with E-state index in [1.807, 2.05) is 0 Å². The van der Waals surface area contributed by atoms with Crippen molar-refractivity contribution < 1.29 is 27.1 Å². The third-order valence-corrected chi connectivity index (χ3v) is 5.32. The molecule has 4 rings (SSSR count). The number of fused-ring (bicyclic) bond motifs is 1. The molecule has 0 amide bonds. The molecule has 0 bridgehead atoms. The number of carbonyl (C=O) groups excluding carboxylic acids is 1. The predicted molar refractivity (Wildman–Crippen MR) is 95.9 cm³/mol. The highest BCUT2D eigenvalue weighted by atomic mass is 35.5. The molecule has 2 N–H and O–H groups in total. The van der Waals surface area contributed by atoms with Crippen LogP contribution in [0.3, 0.4) is 0 Å². The monoisotopic (exact) mass is 427 g/mol. The number of aliphatic imine (C=N–C) groups is 1. The lowest BCUT2D eigenvalue weighted by Gasteiger charge is -2.33. The first kappa shape index (κ1) is 19.6. The summed E-state index contributed by atoms with van der Waals surface area (Å²) < 4.78 is 62.3. The highest BCUT2D eigenvalue weighted by Gasteiger charge is 2.64. The minimum atomic E-state index is -3.15. The van der Waals surface area contributed by atoms with Crippen molar-refractivity contribution in [2.45, 2.75) is 30.9 Å². The summed E-state index contributed by atoms with van der Waals surface area (Å²) >= 11 is 5.73. The Bertz CT molecular complexity index is 1020. The molecule has 1 saturated carbocycles. The maximum atomic E-state index is 14.6. The second-order valence-electron chi connectivity index (χ2n) is 6.98. The Balaban J connectivity index is 1.75. The first-order chi connectivity index (χ1) is 13.7. The lowest BCUT2D eigenvalue weighted by atomic mass is 9.83. The zero-order valence-corrected chi connectivity index (χ0v) is 15.5. The third-order valence-electron chi connectivity index (χ3n) is 5.09. The van der Waals surface area contributed by atoms with Crippen LogP contribution in [0.15, 0.2) is 35.5 Å². The van der Waals surface area contributed by atoms with E-state index >= 15 is 0 Å². The Hall–Kier alpha value is -2.68. The van der Waals surface area contributed by atoms with E-state index in [2.05, 4.69) is 9.98 Å². The van der Waals surface area contributed by atoms with E-state index in [1.165, 1.54) is 18.3 Å². The van der Waals surface area contributed by atoms with E-state index < -0.39 is 53.0 Å². The summed E-state index contributed by atoms with van der Waals surface area (Å²) in [5, 5.41) is 0.324. The van der Waals surface area contributed by atoms with Gasteiger partial charge in [-0.1, -0.05) is 11.6 Å². The standard InChI is InChI=1S/C19H14ClF4N3O2/c20-9-1-2-13(26-7-9)14(28)5-8-3-11(16(22)12(21)4-8)19(17(23)24)10-6-15(10)29-18(25)27-19/h1-4,7,10,15,17H,5-6H2,(H2,25,27)/t10-,15+,19-/m0/s1. The smallest absolute Gasteiger partial charge is 0.283 e. The van der Waals surface area contributed by atoms with E-state index in [-0.39, 0.29) is 24.1 Å². The van der Waals surface area contributed by atoms with Crippen LogP contribution in [0.2, 0.25) is 5.02 Å². The summed E-state index contributed by atoms with van der Waals surface area (Å²) in [6.45, 7) is 0. The lowest BCUT2D eigenvalue weighted by molar-refractivity contribution is 0.0172. The zero-order valence-electron chi connectivity index (χ0n) is 14.7. The summed E-state index contributed by atoms with van der Waals surface area (Å²) in [6.07, 6.45) is -2.70. The fourth-order valence-corrected chi connectivity index (χ4v) is 3.77. The number of carbonyl (C=O) groups is 1. The highest BCUT2D eigenvalue weighted by Crippen LogP contribution is 2.56. The van der Waals surface area contributed by atoms with Crippen LogP contribution >= 0.6 is 11.6 Å². The molecule has 0 unspecified atom stereocenters. The fraction of sp³-hybridized carbons (Fsp3) is 0.316. The Morgan fingerprint density at radius 3 is 2.76 bits per heavy atom. The number of ketones is 1. The van der Waals surface area contributed by atoms with E-state index in [0.29, 0.717) is 5.02 Å². The molecule has 2 heterocycles. The molecule has 2 aromatic rings. The maximum absolute atomic E-state index is 14.6. The Labute approximate surface area is 167 Å². The summed E-state index contributed by atoms with van der Waals surface area (Å²) in [5.74, 6) is -4.15. The molecular formula is C19H14ClF4N3O2. The molecule has 1 aliphatic heterocycles. The van der Waals surface area contributed by atoms with E-state index in [9.17, 15) is 22.4 Å². The van der Waals surface area contributed by atoms with Gasteiger partial charge >= 0.3 is 0 Å². The van der Waals surface area contributed by atoms with Gasteiger partial charge in [-0.25, -0.2) is 22.6 Å². The van der Waals surface area contributed by atoms with Crippen LogP contribution in [0.5, 0.6) is 0 Å². The molecule has 10 heteroatoms. The number of pyridine rings is 1. The van der Waals surface area contributed by atoms with Gasteiger partial charge in [-0.2, -0.15) is 0 Å². The van der Waals surface area contributed by atoms with Crippen molar-refractivity contribution in [1.82, 2.24) is 4.98 Å². The topological polar surface area (TPSA) is 77.6 Å². The second-order valence-corrected chi connectivity index (χ2v) is 7.41. The fourth-order valence-electron chi connectivity index (χ4n) is 3.66. The van der Waals surface area contributed by atoms with Gasteiger partial charge in [-0.05, 0) is 36.2 Å². The van der Waals surface area contributed by atoms with Gasteiger partial charge in [0.2, 0.25) is 0 Å². The molecule has 1 aromatic carbocycles. The van der Waals surface area contributed by atoms with Gasteiger partial charge < -0.3 is 10.5 Å². The predicted octanol–water partition coefficient (Wildman–Crippen LogP) is 3.63. The van der Waals surface area contributed by atoms with E-state index in [4.69, 9.17) is 22.1 Å². The molecule has 152 valence electrons. The van der Waals surface area contributed by atoms with Gasteiger partial charge in [-0.3, -0.25) is 9.78 Å². The minimum Gasteiger partial charge on any atom is -0.462 e. The Morgan fingerprint density at radius 1 is 1.34 bits per heavy atom. The molecule has 0 saturated heterocycles. The van der Waals surface area contributed by atoms with Crippen molar-refractivity contribution in [2.75, 3.05) is 0 Å². The number of hydrogen-bond donors (Lipinski definition) is 1. The number of alkyl halides is 2. The van der Waals surface area contributed by atoms with Gasteiger partial charge in [0.15, 0.2) is 23.0 Å². The number of ether oxygens (including phenoxy) is 1. The van der Waals surface area contributed by atoms with Crippen LogP contribution in [0.4, 0.5) is 17.6 Å².